The number of halogens is 3. The molecule has 4 rings (SSSR count). The van der Waals surface area contributed by atoms with Crippen LogP contribution in [-0.4, -0.2) is 23.9 Å². The first-order valence-corrected chi connectivity index (χ1v) is 12.9. The highest BCUT2D eigenvalue weighted by molar-refractivity contribution is 14.1. The van der Waals surface area contributed by atoms with Crippen LogP contribution in [0.15, 0.2) is 69.8 Å². The quantitative estimate of drug-likeness (QED) is 0.0897. The second-order valence-corrected chi connectivity index (χ2v) is 10.4. The molecule has 0 N–H and O–H groups in total. The molecule has 1 heterocycles. The summed E-state index contributed by atoms with van der Waals surface area (Å²) < 4.78 is 19.5. The Morgan fingerprint density at radius 3 is 2.51 bits per heavy atom. The molecule has 0 aromatic heterocycles. The van der Waals surface area contributed by atoms with E-state index in [0.717, 1.165) is 17.2 Å². The Bertz CT molecular complexity index is 1390. The van der Waals surface area contributed by atoms with Crippen LogP contribution >= 0.6 is 61.1 Å². The van der Waals surface area contributed by atoms with Crippen LogP contribution < -0.4 is 9.47 Å². The Kier molecular flexibility index (Phi) is 8.06. The van der Waals surface area contributed by atoms with Gasteiger partial charge in [0.1, 0.15) is 6.61 Å². The summed E-state index contributed by atoms with van der Waals surface area (Å²) in [7, 11) is 1.52. The van der Waals surface area contributed by atoms with Gasteiger partial charge in [-0.1, -0.05) is 0 Å². The summed E-state index contributed by atoms with van der Waals surface area (Å²) in [4.78, 5) is 27.2. The summed E-state index contributed by atoms with van der Waals surface area (Å²) >= 11 is 7.79. The maximum atomic E-state index is 12.4. The van der Waals surface area contributed by atoms with Gasteiger partial charge in [-0.2, -0.15) is 0 Å². The third-order valence-corrected chi connectivity index (χ3v) is 8.01. The largest absolute Gasteiger partial charge is 0.493 e. The monoisotopic (exact) mass is 760 g/mol. The van der Waals surface area contributed by atoms with E-state index in [2.05, 4.69) is 66.1 Å². The van der Waals surface area contributed by atoms with Crippen molar-refractivity contribution in [2.24, 2.45) is 4.99 Å². The number of esters is 1. The van der Waals surface area contributed by atoms with Gasteiger partial charge in [-0.05, 0) is 121 Å². The van der Waals surface area contributed by atoms with Crippen LogP contribution in [0.2, 0.25) is 0 Å². The van der Waals surface area contributed by atoms with Crippen molar-refractivity contribution >= 4 is 84.7 Å². The van der Waals surface area contributed by atoms with Crippen molar-refractivity contribution in [3.8, 4) is 11.5 Å². The first-order valence-electron chi connectivity index (χ1n) is 9.97. The first kappa shape index (κ1) is 25.6. The molecule has 0 atom stereocenters. The van der Waals surface area contributed by atoms with Gasteiger partial charge in [0, 0.05) is 25.7 Å². The molecule has 11 heteroatoms. The van der Waals surface area contributed by atoms with Crippen molar-refractivity contribution in [1.82, 2.24) is 0 Å². The number of carbonyl (C=O) groups is 1. The Morgan fingerprint density at radius 1 is 1.11 bits per heavy atom. The van der Waals surface area contributed by atoms with E-state index in [-0.39, 0.29) is 23.9 Å². The number of non-ortho nitro benzene ring substituents is 1. The van der Waals surface area contributed by atoms with Crippen LogP contribution in [0.3, 0.4) is 0 Å². The van der Waals surface area contributed by atoms with Gasteiger partial charge in [-0.25, -0.2) is 9.79 Å². The van der Waals surface area contributed by atoms with E-state index in [1.165, 1.54) is 19.2 Å². The lowest BCUT2D eigenvalue weighted by atomic mass is 10.1. The molecule has 0 spiro atoms. The number of aliphatic imine (C=N–C) groups is 1. The molecular formula is C24H15BrI2N2O6. The molecule has 8 nitrogen and oxygen atoms in total. The van der Waals surface area contributed by atoms with E-state index in [9.17, 15) is 14.9 Å². The van der Waals surface area contributed by atoms with Crippen molar-refractivity contribution in [3.63, 3.8) is 0 Å². The Labute approximate surface area is 235 Å². The molecule has 3 aromatic rings. The molecule has 1 aliphatic rings. The SMILES string of the molecule is COc1cc(/C=C2\N=C(c3ccc(I)c(Br)c3)OC2=O)cc(I)c1OCc1ccc([N+](=O)[O-])cc1. The molecule has 0 saturated heterocycles. The van der Waals surface area contributed by atoms with Gasteiger partial charge in [0.25, 0.3) is 5.69 Å². The molecular weight excluding hydrogens is 746 g/mol. The molecule has 0 fully saturated rings. The number of carbonyl (C=O) groups excluding carboxylic acids is 1. The second-order valence-electron chi connectivity index (χ2n) is 7.21. The fourth-order valence-electron chi connectivity index (χ4n) is 3.15. The fourth-order valence-corrected chi connectivity index (χ4v) is 4.65. The zero-order chi connectivity index (χ0) is 25.1. The number of ether oxygens (including phenoxy) is 3. The van der Waals surface area contributed by atoms with Crippen molar-refractivity contribution in [1.29, 1.82) is 0 Å². The van der Waals surface area contributed by atoms with E-state index in [0.29, 0.717) is 22.6 Å². The van der Waals surface area contributed by atoms with Crippen molar-refractivity contribution in [3.05, 3.63) is 98.7 Å². The summed E-state index contributed by atoms with van der Waals surface area (Å²) in [6, 6.07) is 15.3. The number of hydrogen-bond donors (Lipinski definition) is 0. The van der Waals surface area contributed by atoms with Crippen LogP contribution in [-0.2, 0) is 16.1 Å². The zero-order valence-corrected chi connectivity index (χ0v) is 23.9. The van der Waals surface area contributed by atoms with Gasteiger partial charge >= 0.3 is 5.97 Å². The lowest BCUT2D eigenvalue weighted by molar-refractivity contribution is -0.384. The number of methoxy groups -OCH3 is 1. The number of benzene rings is 3. The number of nitro groups is 1. The van der Waals surface area contributed by atoms with E-state index >= 15 is 0 Å². The maximum Gasteiger partial charge on any atom is 0.363 e. The minimum absolute atomic E-state index is 0.0178. The highest BCUT2D eigenvalue weighted by Gasteiger charge is 2.25. The van der Waals surface area contributed by atoms with E-state index in [1.807, 2.05) is 24.3 Å². The van der Waals surface area contributed by atoms with Crippen molar-refractivity contribution in [2.75, 3.05) is 7.11 Å². The molecule has 0 saturated carbocycles. The lowest BCUT2D eigenvalue weighted by Gasteiger charge is -2.13. The van der Waals surface area contributed by atoms with Gasteiger partial charge in [-0.3, -0.25) is 10.1 Å². The number of rotatable bonds is 7. The molecule has 0 amide bonds. The number of nitrogens with zero attached hydrogens (tertiary/aromatic N) is 2. The minimum atomic E-state index is -0.540. The average molecular weight is 761 g/mol. The highest BCUT2D eigenvalue weighted by Crippen LogP contribution is 2.36. The van der Waals surface area contributed by atoms with Gasteiger partial charge < -0.3 is 14.2 Å². The Hall–Kier alpha value is -2.52. The smallest absolute Gasteiger partial charge is 0.363 e. The Balaban J connectivity index is 1.56. The average Bonchev–Trinajstić information content (AvgIpc) is 3.20. The number of nitro benzene ring substituents is 1. The van der Waals surface area contributed by atoms with Crippen LogP contribution in [0.1, 0.15) is 16.7 Å². The predicted molar refractivity (Wildman–Crippen MR) is 151 cm³/mol. The molecule has 1 aliphatic heterocycles. The van der Waals surface area contributed by atoms with E-state index in [1.54, 1.807) is 24.3 Å². The summed E-state index contributed by atoms with van der Waals surface area (Å²) in [5, 5.41) is 10.8. The standard InChI is InChI=1S/C24H15BrI2N2O6/c1-33-21-10-14(8-19(27)22(21)34-12-13-2-5-16(6-3-13)29(31)32)9-20-24(30)35-23(28-20)15-4-7-18(26)17(25)11-15/h2-11H,12H2,1H3/b20-9-. The molecule has 0 radical (unpaired) electrons. The summed E-state index contributed by atoms with van der Waals surface area (Å²) in [6.45, 7) is 0.205. The van der Waals surface area contributed by atoms with Gasteiger partial charge in [0.05, 0.1) is 15.6 Å². The number of cyclic esters (lactones) is 1. The molecule has 178 valence electrons. The summed E-state index contributed by atoms with van der Waals surface area (Å²) in [5.41, 5.74) is 2.35. The predicted octanol–water partition coefficient (Wildman–Crippen LogP) is 6.50. The lowest BCUT2D eigenvalue weighted by Crippen LogP contribution is -2.05. The number of hydrogen-bond acceptors (Lipinski definition) is 7. The normalized spacial score (nSPS) is 14.0. The topological polar surface area (TPSA) is 100 Å². The molecule has 0 aliphatic carbocycles. The van der Waals surface area contributed by atoms with Gasteiger partial charge in [0.2, 0.25) is 5.90 Å². The second kappa shape index (κ2) is 11.0. The van der Waals surface area contributed by atoms with E-state index in [4.69, 9.17) is 14.2 Å². The minimum Gasteiger partial charge on any atom is -0.493 e. The van der Waals surface area contributed by atoms with Gasteiger partial charge in [-0.15, -0.1) is 0 Å². The maximum absolute atomic E-state index is 12.4. The van der Waals surface area contributed by atoms with Crippen LogP contribution in [0.5, 0.6) is 11.5 Å². The van der Waals surface area contributed by atoms with Crippen molar-refractivity contribution < 1.29 is 23.9 Å². The van der Waals surface area contributed by atoms with E-state index < -0.39 is 10.9 Å². The third kappa shape index (κ3) is 6.01. The fraction of sp³-hybridized carbons (Fsp3) is 0.0833. The molecule has 0 bridgehead atoms. The van der Waals surface area contributed by atoms with Crippen molar-refractivity contribution in [2.45, 2.75) is 6.61 Å². The van der Waals surface area contributed by atoms with Gasteiger partial charge in [0.15, 0.2) is 17.2 Å². The van der Waals surface area contributed by atoms with Crippen LogP contribution in [0.4, 0.5) is 5.69 Å². The summed E-state index contributed by atoms with van der Waals surface area (Å²) in [6.07, 6.45) is 1.63. The van der Waals surface area contributed by atoms with Crippen LogP contribution in [0.25, 0.3) is 6.08 Å². The van der Waals surface area contributed by atoms with Crippen LogP contribution in [0, 0.1) is 17.3 Å². The first-order chi connectivity index (χ1) is 16.7. The molecule has 35 heavy (non-hydrogen) atoms. The third-order valence-electron chi connectivity index (χ3n) is 4.87. The Morgan fingerprint density at radius 2 is 1.86 bits per heavy atom. The molecule has 0 unspecified atom stereocenters. The zero-order valence-electron chi connectivity index (χ0n) is 18.0. The summed E-state index contributed by atoms with van der Waals surface area (Å²) in [5.74, 6) is 0.698. The molecule has 3 aromatic carbocycles. The highest BCUT2D eigenvalue weighted by atomic mass is 127.